The van der Waals surface area contributed by atoms with Crippen LogP contribution in [0.2, 0.25) is 0 Å². The molecule has 0 spiro atoms. The highest BCUT2D eigenvalue weighted by Gasteiger charge is 2.43. The van der Waals surface area contributed by atoms with Crippen molar-refractivity contribution in [3.8, 4) is 0 Å². The highest BCUT2D eigenvalue weighted by atomic mass is 16.6. The number of amides is 1. The molecule has 0 aromatic heterocycles. The number of nitrogens with one attached hydrogen (secondary N) is 1. The predicted molar refractivity (Wildman–Crippen MR) is 102 cm³/mol. The summed E-state index contributed by atoms with van der Waals surface area (Å²) in [5.74, 6) is -1.35. The van der Waals surface area contributed by atoms with Gasteiger partial charge in [0.1, 0.15) is 6.61 Å². The zero-order valence-corrected chi connectivity index (χ0v) is 15.6. The van der Waals surface area contributed by atoms with E-state index >= 15 is 0 Å². The smallest absolute Gasteiger partial charge is 0.408 e. The Bertz CT molecular complexity index is 836. The molecule has 1 atom stereocenters. The lowest BCUT2D eigenvalue weighted by Gasteiger charge is -2.32. The lowest BCUT2D eigenvalue weighted by Crippen LogP contribution is -2.52. The number of carboxylic acid groups (broad SMARTS) is 1. The van der Waals surface area contributed by atoms with Crippen LogP contribution in [0.5, 0.6) is 0 Å². The first kappa shape index (κ1) is 20.9. The largest absolute Gasteiger partial charge is 0.479 e. The van der Waals surface area contributed by atoms with E-state index in [1.54, 1.807) is 24.3 Å². The second kappa shape index (κ2) is 8.98. The van der Waals surface area contributed by atoms with Crippen LogP contribution >= 0.6 is 0 Å². The summed E-state index contributed by atoms with van der Waals surface area (Å²) in [5.41, 5.74) is -0.940. The zero-order valence-electron chi connectivity index (χ0n) is 15.6. The second-order valence-corrected chi connectivity index (χ2v) is 6.80. The number of rotatable bonds is 8. The molecule has 0 bridgehead atoms. The van der Waals surface area contributed by atoms with E-state index in [9.17, 15) is 24.8 Å². The molecule has 1 amide bonds. The summed E-state index contributed by atoms with van der Waals surface area (Å²) >= 11 is 0. The fourth-order valence-corrected chi connectivity index (χ4v) is 2.92. The van der Waals surface area contributed by atoms with E-state index in [-0.39, 0.29) is 30.2 Å². The van der Waals surface area contributed by atoms with Crippen molar-refractivity contribution in [1.82, 2.24) is 5.32 Å². The van der Waals surface area contributed by atoms with Gasteiger partial charge < -0.3 is 15.2 Å². The number of non-ortho nitro benzene ring substituents is 1. The van der Waals surface area contributed by atoms with Crippen LogP contribution < -0.4 is 5.32 Å². The summed E-state index contributed by atoms with van der Waals surface area (Å²) in [6.07, 6.45) is -0.800. The SMILES string of the molecule is CC(C)C[C@@](NC(=O)OCc1ccccc1)(C(=O)O)c1ccc([N+](=O)[O-])cc1. The maximum absolute atomic E-state index is 12.4. The molecule has 0 aliphatic heterocycles. The molecule has 2 rings (SSSR count). The molecule has 8 nitrogen and oxygen atoms in total. The van der Waals surface area contributed by atoms with Crippen LogP contribution in [0.3, 0.4) is 0 Å². The van der Waals surface area contributed by atoms with Gasteiger partial charge in [-0.1, -0.05) is 44.2 Å². The van der Waals surface area contributed by atoms with Gasteiger partial charge in [0.05, 0.1) is 4.92 Å². The zero-order chi connectivity index (χ0) is 20.7. The number of alkyl carbamates (subject to hydrolysis) is 1. The third-order valence-corrected chi connectivity index (χ3v) is 4.18. The molecule has 0 heterocycles. The fourth-order valence-electron chi connectivity index (χ4n) is 2.92. The second-order valence-electron chi connectivity index (χ2n) is 6.80. The molecule has 0 fully saturated rings. The summed E-state index contributed by atoms with van der Waals surface area (Å²) in [4.78, 5) is 34.8. The van der Waals surface area contributed by atoms with Crippen LogP contribution in [-0.4, -0.2) is 22.1 Å². The first-order valence-corrected chi connectivity index (χ1v) is 8.72. The van der Waals surface area contributed by atoms with E-state index in [4.69, 9.17) is 4.74 Å². The lowest BCUT2D eigenvalue weighted by molar-refractivity contribution is -0.384. The van der Waals surface area contributed by atoms with Gasteiger partial charge in [-0.05, 0) is 35.6 Å². The number of hydrogen-bond acceptors (Lipinski definition) is 5. The van der Waals surface area contributed by atoms with Crippen molar-refractivity contribution >= 4 is 17.7 Å². The Hall–Kier alpha value is -3.42. The molecule has 2 N–H and O–H groups in total. The minimum absolute atomic E-state index is 0.00961. The van der Waals surface area contributed by atoms with Crippen LogP contribution in [0.15, 0.2) is 54.6 Å². The molecular weight excluding hydrogens is 364 g/mol. The van der Waals surface area contributed by atoms with E-state index in [1.807, 2.05) is 19.9 Å². The van der Waals surface area contributed by atoms with Crippen molar-refractivity contribution in [2.75, 3.05) is 0 Å². The van der Waals surface area contributed by atoms with Gasteiger partial charge in [-0.15, -0.1) is 0 Å². The molecule has 2 aromatic carbocycles. The summed E-state index contributed by atoms with van der Waals surface area (Å²) in [6.45, 7) is 3.63. The number of nitro benzene ring substituents is 1. The number of carbonyl (C=O) groups is 2. The monoisotopic (exact) mass is 386 g/mol. The first-order chi connectivity index (χ1) is 13.2. The molecule has 0 saturated carbocycles. The van der Waals surface area contributed by atoms with E-state index in [1.165, 1.54) is 24.3 Å². The van der Waals surface area contributed by atoms with Crippen LogP contribution in [0.4, 0.5) is 10.5 Å². The Morgan fingerprint density at radius 1 is 1.14 bits per heavy atom. The van der Waals surface area contributed by atoms with E-state index in [2.05, 4.69) is 5.32 Å². The minimum atomic E-state index is -1.77. The summed E-state index contributed by atoms with van der Waals surface area (Å²) in [5, 5.41) is 23.3. The van der Waals surface area contributed by atoms with Crippen LogP contribution in [0.1, 0.15) is 31.4 Å². The Balaban J connectivity index is 2.28. The lowest BCUT2D eigenvalue weighted by atomic mass is 9.82. The number of carbonyl (C=O) groups excluding carboxylic acids is 1. The predicted octanol–water partition coefficient (Wildman–Crippen LogP) is 3.85. The number of ether oxygens (including phenoxy) is 1. The Morgan fingerprint density at radius 3 is 2.25 bits per heavy atom. The Kier molecular flexibility index (Phi) is 6.70. The molecule has 0 aliphatic rings. The number of aliphatic carboxylic acids is 1. The first-order valence-electron chi connectivity index (χ1n) is 8.72. The molecule has 8 heteroatoms. The Labute approximate surface area is 162 Å². The third-order valence-electron chi connectivity index (χ3n) is 4.18. The quantitative estimate of drug-likeness (QED) is 0.525. The fraction of sp³-hybridized carbons (Fsp3) is 0.300. The molecular formula is C20H22N2O6. The molecule has 0 saturated heterocycles. The van der Waals surface area contributed by atoms with Gasteiger partial charge in [0.15, 0.2) is 5.54 Å². The minimum Gasteiger partial charge on any atom is -0.479 e. The van der Waals surface area contributed by atoms with Crippen molar-refractivity contribution in [3.63, 3.8) is 0 Å². The van der Waals surface area contributed by atoms with Gasteiger partial charge in [0.2, 0.25) is 0 Å². The molecule has 2 aromatic rings. The third kappa shape index (κ3) is 5.06. The summed E-state index contributed by atoms with van der Waals surface area (Å²) in [6, 6.07) is 14.1. The highest BCUT2D eigenvalue weighted by Crippen LogP contribution is 2.31. The number of carboxylic acids is 1. The van der Waals surface area contributed by atoms with Gasteiger partial charge in [-0.3, -0.25) is 10.1 Å². The van der Waals surface area contributed by atoms with Crippen molar-refractivity contribution in [2.45, 2.75) is 32.4 Å². The number of hydrogen-bond donors (Lipinski definition) is 2. The van der Waals surface area contributed by atoms with Crippen molar-refractivity contribution < 1.29 is 24.4 Å². The normalized spacial score (nSPS) is 12.8. The molecule has 148 valence electrons. The van der Waals surface area contributed by atoms with Crippen molar-refractivity contribution in [3.05, 3.63) is 75.8 Å². The van der Waals surface area contributed by atoms with Crippen LogP contribution in [0.25, 0.3) is 0 Å². The summed E-state index contributed by atoms with van der Waals surface area (Å²) < 4.78 is 5.18. The topological polar surface area (TPSA) is 119 Å². The van der Waals surface area contributed by atoms with Gasteiger partial charge in [-0.25, -0.2) is 9.59 Å². The van der Waals surface area contributed by atoms with Crippen molar-refractivity contribution in [2.24, 2.45) is 5.92 Å². The molecule has 28 heavy (non-hydrogen) atoms. The maximum atomic E-state index is 12.4. The highest BCUT2D eigenvalue weighted by molar-refractivity contribution is 5.86. The summed E-state index contributed by atoms with van der Waals surface area (Å²) in [7, 11) is 0. The number of nitro groups is 1. The van der Waals surface area contributed by atoms with Gasteiger partial charge >= 0.3 is 12.1 Å². The van der Waals surface area contributed by atoms with Crippen LogP contribution in [-0.2, 0) is 21.7 Å². The van der Waals surface area contributed by atoms with Crippen molar-refractivity contribution in [1.29, 1.82) is 0 Å². The Morgan fingerprint density at radius 2 is 1.75 bits per heavy atom. The molecule has 0 aliphatic carbocycles. The van der Waals surface area contributed by atoms with E-state index < -0.39 is 22.5 Å². The van der Waals surface area contributed by atoms with Crippen LogP contribution in [0, 0.1) is 16.0 Å². The van der Waals surface area contributed by atoms with E-state index in [0.717, 1.165) is 5.56 Å². The maximum Gasteiger partial charge on any atom is 0.408 e. The van der Waals surface area contributed by atoms with Gasteiger partial charge in [-0.2, -0.15) is 0 Å². The average Bonchev–Trinajstić information content (AvgIpc) is 2.66. The molecule has 0 unspecified atom stereocenters. The number of nitrogens with zero attached hydrogens (tertiary/aromatic N) is 1. The van der Waals surface area contributed by atoms with Gasteiger partial charge in [0, 0.05) is 12.1 Å². The standard InChI is InChI=1S/C20H22N2O6/c1-14(2)12-20(18(23)24,16-8-10-17(11-9-16)22(26)27)21-19(25)28-13-15-6-4-3-5-7-15/h3-11,14H,12-13H2,1-2H3,(H,21,25)(H,23,24)/t20-/m0/s1. The average molecular weight is 386 g/mol. The van der Waals surface area contributed by atoms with Gasteiger partial charge in [0.25, 0.3) is 5.69 Å². The van der Waals surface area contributed by atoms with E-state index in [0.29, 0.717) is 0 Å². The molecule has 0 radical (unpaired) electrons. The number of benzene rings is 2.